The molecule has 0 aromatic carbocycles. The van der Waals surface area contributed by atoms with Crippen LogP contribution in [0.2, 0.25) is 0 Å². The standard InChI is InChI=1S/C11H20O3S/c12-7-4-8-15-10-6-3-1-2-5-9(10)11(13)14/h9-10,12H,1-8H2,(H,13,14). The van der Waals surface area contributed by atoms with Gasteiger partial charge in [-0.25, -0.2) is 0 Å². The van der Waals surface area contributed by atoms with Crippen LogP contribution in [0.1, 0.15) is 38.5 Å². The highest BCUT2D eigenvalue weighted by atomic mass is 32.2. The van der Waals surface area contributed by atoms with Crippen LogP contribution in [-0.2, 0) is 4.79 Å². The SMILES string of the molecule is O=C(O)C1CCCCCC1SCCCO. The van der Waals surface area contributed by atoms with Gasteiger partial charge in [0.2, 0.25) is 0 Å². The van der Waals surface area contributed by atoms with Crippen molar-refractivity contribution in [2.45, 2.75) is 43.8 Å². The summed E-state index contributed by atoms with van der Waals surface area (Å²) in [7, 11) is 0. The molecule has 1 rings (SSSR count). The topological polar surface area (TPSA) is 57.5 Å². The van der Waals surface area contributed by atoms with E-state index in [-0.39, 0.29) is 17.8 Å². The number of thioether (sulfide) groups is 1. The Balaban J connectivity index is 2.43. The predicted octanol–water partition coefficient (Wildman–Crippen LogP) is 2.14. The summed E-state index contributed by atoms with van der Waals surface area (Å²) >= 11 is 1.73. The summed E-state index contributed by atoms with van der Waals surface area (Å²) in [5, 5.41) is 18.1. The van der Waals surface area contributed by atoms with Crippen molar-refractivity contribution in [3.8, 4) is 0 Å². The Morgan fingerprint density at radius 2 is 2.00 bits per heavy atom. The highest BCUT2D eigenvalue weighted by Crippen LogP contribution is 2.32. The molecule has 0 amide bonds. The molecule has 0 aliphatic heterocycles. The van der Waals surface area contributed by atoms with Crippen molar-refractivity contribution in [1.29, 1.82) is 0 Å². The Bertz CT molecular complexity index is 196. The van der Waals surface area contributed by atoms with Crippen LogP contribution in [-0.4, -0.2) is 33.8 Å². The summed E-state index contributed by atoms with van der Waals surface area (Å²) in [4.78, 5) is 11.1. The highest BCUT2D eigenvalue weighted by molar-refractivity contribution is 7.99. The molecule has 0 aromatic rings. The smallest absolute Gasteiger partial charge is 0.307 e. The maximum Gasteiger partial charge on any atom is 0.307 e. The van der Waals surface area contributed by atoms with E-state index >= 15 is 0 Å². The molecule has 0 spiro atoms. The number of hydrogen-bond acceptors (Lipinski definition) is 3. The molecule has 1 saturated carbocycles. The molecular formula is C11H20O3S. The third-order valence-electron chi connectivity index (χ3n) is 2.90. The van der Waals surface area contributed by atoms with Crippen molar-refractivity contribution in [2.75, 3.05) is 12.4 Å². The number of aliphatic carboxylic acids is 1. The lowest BCUT2D eigenvalue weighted by atomic mass is 10.0. The number of aliphatic hydroxyl groups excluding tert-OH is 1. The molecule has 0 heterocycles. The lowest BCUT2D eigenvalue weighted by Gasteiger charge is -2.20. The molecule has 3 nitrogen and oxygen atoms in total. The number of carboxylic acids is 1. The number of rotatable bonds is 5. The van der Waals surface area contributed by atoms with Crippen LogP contribution in [0.3, 0.4) is 0 Å². The van der Waals surface area contributed by atoms with E-state index < -0.39 is 5.97 Å². The van der Waals surface area contributed by atoms with Gasteiger partial charge in [0.25, 0.3) is 0 Å². The first-order chi connectivity index (χ1) is 7.25. The van der Waals surface area contributed by atoms with Gasteiger partial charge in [0.05, 0.1) is 5.92 Å². The van der Waals surface area contributed by atoms with Gasteiger partial charge in [-0.3, -0.25) is 4.79 Å². The van der Waals surface area contributed by atoms with Gasteiger partial charge in [0.15, 0.2) is 0 Å². The molecule has 1 aliphatic rings. The van der Waals surface area contributed by atoms with Crippen LogP contribution in [0.25, 0.3) is 0 Å². The highest BCUT2D eigenvalue weighted by Gasteiger charge is 2.29. The quantitative estimate of drug-likeness (QED) is 0.563. The van der Waals surface area contributed by atoms with E-state index in [9.17, 15) is 4.79 Å². The zero-order valence-corrected chi connectivity index (χ0v) is 9.84. The fourth-order valence-corrected chi connectivity index (χ4v) is 3.47. The normalized spacial score (nSPS) is 27.3. The molecule has 88 valence electrons. The molecule has 1 aliphatic carbocycles. The van der Waals surface area contributed by atoms with Crippen LogP contribution in [0.5, 0.6) is 0 Å². The zero-order valence-electron chi connectivity index (χ0n) is 9.02. The van der Waals surface area contributed by atoms with Crippen LogP contribution in [0.4, 0.5) is 0 Å². The maximum atomic E-state index is 11.1. The predicted molar refractivity (Wildman–Crippen MR) is 62.2 cm³/mol. The number of carboxylic acid groups (broad SMARTS) is 1. The van der Waals surface area contributed by atoms with E-state index in [4.69, 9.17) is 10.2 Å². The average Bonchev–Trinajstić information content (AvgIpc) is 2.43. The third-order valence-corrected chi connectivity index (χ3v) is 4.42. The minimum absolute atomic E-state index is 0.170. The van der Waals surface area contributed by atoms with Crippen molar-refractivity contribution in [1.82, 2.24) is 0 Å². The number of carbonyl (C=O) groups is 1. The van der Waals surface area contributed by atoms with Crippen molar-refractivity contribution < 1.29 is 15.0 Å². The van der Waals surface area contributed by atoms with Gasteiger partial charge in [0.1, 0.15) is 0 Å². The van der Waals surface area contributed by atoms with E-state index in [1.807, 2.05) is 0 Å². The Kier molecular flexibility index (Phi) is 6.10. The molecule has 15 heavy (non-hydrogen) atoms. The number of aliphatic hydroxyl groups is 1. The molecule has 0 bridgehead atoms. The van der Waals surface area contributed by atoms with Crippen molar-refractivity contribution in [3.63, 3.8) is 0 Å². The summed E-state index contributed by atoms with van der Waals surface area (Å²) in [5.74, 6) is 0.0693. The second-order valence-electron chi connectivity index (χ2n) is 4.07. The molecule has 4 heteroatoms. The van der Waals surface area contributed by atoms with E-state index in [1.165, 1.54) is 6.42 Å². The second-order valence-corrected chi connectivity index (χ2v) is 5.42. The van der Waals surface area contributed by atoms with Crippen molar-refractivity contribution in [3.05, 3.63) is 0 Å². The molecule has 2 N–H and O–H groups in total. The Labute approximate surface area is 95.3 Å². The van der Waals surface area contributed by atoms with Crippen LogP contribution in [0.15, 0.2) is 0 Å². The first-order valence-corrected chi connectivity index (χ1v) is 6.76. The Morgan fingerprint density at radius 1 is 1.27 bits per heavy atom. The van der Waals surface area contributed by atoms with Crippen LogP contribution < -0.4 is 0 Å². The summed E-state index contributed by atoms with van der Waals surface area (Å²) in [6.45, 7) is 0.206. The second kappa shape index (κ2) is 7.12. The van der Waals surface area contributed by atoms with Gasteiger partial charge in [-0.05, 0) is 25.0 Å². The maximum absolute atomic E-state index is 11.1. The minimum atomic E-state index is -0.640. The van der Waals surface area contributed by atoms with E-state index in [2.05, 4.69) is 0 Å². The Morgan fingerprint density at radius 3 is 2.67 bits per heavy atom. The first kappa shape index (κ1) is 12.8. The molecular weight excluding hydrogens is 212 g/mol. The molecule has 1 fully saturated rings. The summed E-state index contributed by atoms with van der Waals surface area (Å²) in [5.41, 5.74) is 0. The third kappa shape index (κ3) is 4.43. The van der Waals surface area contributed by atoms with E-state index in [0.717, 1.165) is 37.9 Å². The van der Waals surface area contributed by atoms with Crippen molar-refractivity contribution >= 4 is 17.7 Å². The monoisotopic (exact) mass is 232 g/mol. The fourth-order valence-electron chi connectivity index (χ4n) is 2.05. The van der Waals surface area contributed by atoms with Crippen LogP contribution in [0, 0.1) is 5.92 Å². The van der Waals surface area contributed by atoms with Gasteiger partial charge in [-0.2, -0.15) is 11.8 Å². The van der Waals surface area contributed by atoms with Gasteiger partial charge in [-0.15, -0.1) is 0 Å². The average molecular weight is 232 g/mol. The number of hydrogen-bond donors (Lipinski definition) is 2. The molecule has 2 atom stereocenters. The van der Waals surface area contributed by atoms with Crippen LogP contribution >= 0.6 is 11.8 Å². The lowest BCUT2D eigenvalue weighted by Crippen LogP contribution is -2.25. The fraction of sp³-hybridized carbons (Fsp3) is 0.909. The summed E-state index contributed by atoms with van der Waals surface area (Å²) < 4.78 is 0. The first-order valence-electron chi connectivity index (χ1n) is 5.71. The van der Waals surface area contributed by atoms with Gasteiger partial charge >= 0.3 is 5.97 Å². The molecule has 0 aromatic heterocycles. The van der Waals surface area contributed by atoms with E-state index in [0.29, 0.717) is 0 Å². The largest absolute Gasteiger partial charge is 0.481 e. The summed E-state index contributed by atoms with van der Waals surface area (Å²) in [6, 6.07) is 0. The minimum Gasteiger partial charge on any atom is -0.481 e. The molecule has 0 radical (unpaired) electrons. The lowest BCUT2D eigenvalue weighted by molar-refractivity contribution is -0.141. The zero-order chi connectivity index (χ0) is 11.1. The molecule has 2 unspecified atom stereocenters. The summed E-state index contributed by atoms with van der Waals surface area (Å²) in [6.07, 6.45) is 5.99. The van der Waals surface area contributed by atoms with Crippen molar-refractivity contribution in [2.24, 2.45) is 5.92 Å². The molecule has 0 saturated heterocycles. The van der Waals surface area contributed by atoms with E-state index in [1.54, 1.807) is 11.8 Å². The Hall–Kier alpha value is -0.220. The van der Waals surface area contributed by atoms with Gasteiger partial charge in [0, 0.05) is 11.9 Å². The van der Waals surface area contributed by atoms with Gasteiger partial charge in [-0.1, -0.05) is 19.3 Å². The van der Waals surface area contributed by atoms with Gasteiger partial charge < -0.3 is 10.2 Å².